The van der Waals surface area contributed by atoms with Gasteiger partial charge < -0.3 is 13.3 Å². The van der Waals surface area contributed by atoms with Crippen LogP contribution in [0.25, 0.3) is 0 Å². The molecule has 1 heterocycles. The Hall–Kier alpha value is -0.753. The first-order valence-corrected chi connectivity index (χ1v) is 9.77. The first-order valence-electron chi connectivity index (χ1n) is 7.84. The molecule has 4 nitrogen and oxygen atoms in total. The van der Waals surface area contributed by atoms with Crippen LogP contribution in [-0.4, -0.2) is 30.1 Å². The van der Waals surface area contributed by atoms with Crippen molar-refractivity contribution in [1.29, 1.82) is 0 Å². The number of aromatic nitrogens is 1. The Bertz CT molecular complexity index is 389. The molecule has 0 N–H and O–H groups in total. The fourth-order valence-corrected chi connectivity index (χ4v) is 4.29. The van der Waals surface area contributed by atoms with E-state index in [4.69, 9.17) is 13.3 Å². The van der Waals surface area contributed by atoms with Crippen molar-refractivity contribution in [2.24, 2.45) is 0 Å². The second-order valence-corrected chi connectivity index (χ2v) is 8.33. The molecule has 0 spiro atoms. The van der Waals surface area contributed by atoms with E-state index in [1.54, 1.807) is 21.3 Å². The number of unbranched alkanes of at least 4 members (excludes halogenated alkanes) is 2. The molecule has 0 fully saturated rings. The predicted molar refractivity (Wildman–Crippen MR) is 86.1 cm³/mol. The minimum atomic E-state index is -2.40. The van der Waals surface area contributed by atoms with Crippen molar-refractivity contribution in [3.63, 3.8) is 0 Å². The lowest BCUT2D eigenvalue weighted by molar-refractivity contribution is -0.704. The van der Waals surface area contributed by atoms with Gasteiger partial charge in [0.1, 0.15) is 6.54 Å². The SMILES string of the molecule is CCCCc1cccc[n+]1CCCC[Si](OC)(OC)OC. The van der Waals surface area contributed by atoms with Gasteiger partial charge in [-0.3, -0.25) is 0 Å². The number of aryl methyl sites for hydroxylation is 2. The van der Waals surface area contributed by atoms with Crippen LogP contribution >= 0.6 is 0 Å². The van der Waals surface area contributed by atoms with E-state index < -0.39 is 8.80 Å². The molecule has 1 aromatic rings. The van der Waals surface area contributed by atoms with Crippen LogP contribution in [-0.2, 0) is 26.2 Å². The molecule has 0 atom stereocenters. The first-order chi connectivity index (χ1) is 10.2. The average molecular weight is 313 g/mol. The summed E-state index contributed by atoms with van der Waals surface area (Å²) in [6, 6.07) is 7.33. The predicted octanol–water partition coefficient (Wildman–Crippen LogP) is 2.98. The van der Waals surface area contributed by atoms with Crippen molar-refractivity contribution in [3.05, 3.63) is 30.1 Å². The second kappa shape index (κ2) is 10.1. The summed E-state index contributed by atoms with van der Waals surface area (Å²) in [4.78, 5) is 0. The van der Waals surface area contributed by atoms with E-state index >= 15 is 0 Å². The maximum absolute atomic E-state index is 5.45. The monoisotopic (exact) mass is 312 g/mol. The van der Waals surface area contributed by atoms with Gasteiger partial charge in [-0.15, -0.1) is 0 Å². The molecule has 0 aliphatic rings. The molecular weight excluding hydrogens is 282 g/mol. The molecule has 0 radical (unpaired) electrons. The topological polar surface area (TPSA) is 31.6 Å². The van der Waals surface area contributed by atoms with Gasteiger partial charge in [-0.25, -0.2) is 4.57 Å². The van der Waals surface area contributed by atoms with Gasteiger partial charge in [-0.2, -0.15) is 0 Å². The smallest absolute Gasteiger partial charge is 0.377 e. The van der Waals surface area contributed by atoms with Crippen LogP contribution in [0.4, 0.5) is 0 Å². The van der Waals surface area contributed by atoms with Crippen molar-refractivity contribution in [2.75, 3.05) is 21.3 Å². The average Bonchev–Trinajstić information content (AvgIpc) is 2.54. The Balaban J connectivity index is 2.45. The lowest BCUT2D eigenvalue weighted by Crippen LogP contribution is -2.43. The highest BCUT2D eigenvalue weighted by Gasteiger charge is 2.36. The van der Waals surface area contributed by atoms with Crippen molar-refractivity contribution in [3.8, 4) is 0 Å². The molecule has 0 aliphatic carbocycles. The highest BCUT2D eigenvalue weighted by Crippen LogP contribution is 2.16. The fraction of sp³-hybridized carbons (Fsp3) is 0.688. The molecule has 5 heteroatoms. The summed E-state index contributed by atoms with van der Waals surface area (Å²) < 4.78 is 18.7. The summed E-state index contributed by atoms with van der Waals surface area (Å²) in [7, 11) is 2.62. The van der Waals surface area contributed by atoms with Crippen LogP contribution in [0.2, 0.25) is 6.04 Å². The third-order valence-electron chi connectivity index (χ3n) is 3.89. The highest BCUT2D eigenvalue weighted by atomic mass is 28.4. The van der Waals surface area contributed by atoms with Crippen LogP contribution in [0.3, 0.4) is 0 Å². The summed E-state index contributed by atoms with van der Waals surface area (Å²) in [5.41, 5.74) is 1.42. The van der Waals surface area contributed by atoms with E-state index in [0.29, 0.717) is 0 Å². The quantitative estimate of drug-likeness (QED) is 0.358. The number of hydrogen-bond acceptors (Lipinski definition) is 3. The Morgan fingerprint density at radius 2 is 1.71 bits per heavy atom. The number of nitrogens with zero attached hydrogens (tertiary/aromatic N) is 1. The summed E-state index contributed by atoms with van der Waals surface area (Å²) >= 11 is 0. The number of pyridine rings is 1. The van der Waals surface area contributed by atoms with Gasteiger partial charge in [0.2, 0.25) is 0 Å². The van der Waals surface area contributed by atoms with Gasteiger partial charge in [0.05, 0.1) is 0 Å². The van der Waals surface area contributed by atoms with Gasteiger partial charge in [0, 0.05) is 52.3 Å². The molecule has 0 amide bonds. The third-order valence-corrected chi connectivity index (χ3v) is 6.72. The first kappa shape index (κ1) is 18.3. The van der Waals surface area contributed by atoms with E-state index in [-0.39, 0.29) is 0 Å². The van der Waals surface area contributed by atoms with Crippen LogP contribution < -0.4 is 4.57 Å². The van der Waals surface area contributed by atoms with E-state index in [1.165, 1.54) is 18.5 Å². The summed E-state index contributed by atoms with van der Waals surface area (Å²) in [6.07, 6.45) is 7.98. The normalized spacial score (nSPS) is 11.8. The molecule has 21 heavy (non-hydrogen) atoms. The Morgan fingerprint density at radius 3 is 2.33 bits per heavy atom. The molecule has 0 saturated heterocycles. The standard InChI is InChI=1S/C16H30NO3Si/c1-5-6-11-16-12-7-8-13-17(16)14-9-10-15-21(18-2,19-3)20-4/h7-8,12-13H,5-6,9-11,14-15H2,1-4H3/q+1. The van der Waals surface area contributed by atoms with Crippen LogP contribution in [0.15, 0.2) is 24.4 Å². The molecule has 0 saturated carbocycles. The Kier molecular flexibility index (Phi) is 8.76. The molecule has 1 rings (SSSR count). The van der Waals surface area contributed by atoms with E-state index in [2.05, 4.69) is 35.9 Å². The molecule has 0 aromatic carbocycles. The minimum absolute atomic E-state index is 0.869. The zero-order chi connectivity index (χ0) is 15.6. The van der Waals surface area contributed by atoms with Gasteiger partial charge in [0.15, 0.2) is 11.9 Å². The van der Waals surface area contributed by atoms with E-state index in [0.717, 1.165) is 31.9 Å². The van der Waals surface area contributed by atoms with Gasteiger partial charge >= 0.3 is 8.80 Å². The highest BCUT2D eigenvalue weighted by molar-refractivity contribution is 6.60. The van der Waals surface area contributed by atoms with Crippen molar-refractivity contribution in [1.82, 2.24) is 0 Å². The summed E-state index contributed by atoms with van der Waals surface area (Å²) in [5, 5.41) is 0. The van der Waals surface area contributed by atoms with Crippen LogP contribution in [0, 0.1) is 0 Å². The lowest BCUT2D eigenvalue weighted by atomic mass is 10.2. The largest absolute Gasteiger partial charge is 0.500 e. The Labute approximate surface area is 130 Å². The number of hydrogen-bond donors (Lipinski definition) is 0. The zero-order valence-electron chi connectivity index (χ0n) is 13.9. The second-order valence-electron chi connectivity index (χ2n) is 5.24. The van der Waals surface area contributed by atoms with E-state index in [9.17, 15) is 0 Å². The molecule has 0 aliphatic heterocycles. The molecule has 0 unspecified atom stereocenters. The molecular formula is C16H30NO3Si+. The molecule has 0 bridgehead atoms. The van der Waals surface area contributed by atoms with Gasteiger partial charge in [-0.05, 0) is 12.8 Å². The van der Waals surface area contributed by atoms with Gasteiger partial charge in [0.25, 0.3) is 0 Å². The fourth-order valence-electron chi connectivity index (χ4n) is 2.49. The zero-order valence-corrected chi connectivity index (χ0v) is 14.9. The lowest BCUT2D eigenvalue weighted by Gasteiger charge is -2.23. The van der Waals surface area contributed by atoms with Crippen LogP contribution in [0.1, 0.15) is 38.3 Å². The third kappa shape index (κ3) is 5.86. The van der Waals surface area contributed by atoms with Crippen LogP contribution in [0.5, 0.6) is 0 Å². The molecule has 1 aromatic heterocycles. The van der Waals surface area contributed by atoms with Crippen molar-refractivity contribution in [2.45, 2.75) is 51.6 Å². The minimum Gasteiger partial charge on any atom is -0.377 e. The van der Waals surface area contributed by atoms with E-state index in [1.807, 2.05) is 0 Å². The molecule has 120 valence electrons. The Morgan fingerprint density at radius 1 is 1.00 bits per heavy atom. The number of rotatable bonds is 11. The maximum atomic E-state index is 5.45. The summed E-state index contributed by atoms with van der Waals surface area (Å²) in [5.74, 6) is 0. The van der Waals surface area contributed by atoms with Crippen molar-refractivity contribution >= 4 is 8.80 Å². The summed E-state index contributed by atoms with van der Waals surface area (Å²) in [6.45, 7) is 3.28. The van der Waals surface area contributed by atoms with Gasteiger partial charge in [-0.1, -0.05) is 19.4 Å². The van der Waals surface area contributed by atoms with Crippen molar-refractivity contribution < 1.29 is 17.8 Å². The maximum Gasteiger partial charge on any atom is 0.500 e.